The molecule has 1 amide bonds. The van der Waals surface area contributed by atoms with E-state index in [1.54, 1.807) is 6.07 Å². The fourth-order valence-corrected chi connectivity index (χ4v) is 4.20. The van der Waals surface area contributed by atoms with Crippen molar-refractivity contribution in [3.8, 4) is 0 Å². The molecule has 12 heteroatoms. The molecule has 1 unspecified atom stereocenters. The standard InChI is InChI=1S/C17H19Cl2N4O5P/c1-29(26,27)28-23-7-5-10(6-8-23)21-17(25)15-11(9-20-22-15)16(24)14-12(18)3-2-4-13(14)19/h2-4,9-10H,5-8H2,1H3,(H,20,22)(H,21,25)(H,26,27). The van der Waals surface area contributed by atoms with Crippen molar-refractivity contribution in [1.29, 1.82) is 0 Å². The van der Waals surface area contributed by atoms with Crippen LogP contribution in [-0.4, -0.2) is 57.6 Å². The van der Waals surface area contributed by atoms with Gasteiger partial charge in [0, 0.05) is 25.8 Å². The first kappa shape index (κ1) is 22.0. The Balaban J connectivity index is 1.67. The van der Waals surface area contributed by atoms with Crippen molar-refractivity contribution < 1.29 is 23.7 Å². The van der Waals surface area contributed by atoms with Crippen molar-refractivity contribution in [3.05, 3.63) is 51.3 Å². The van der Waals surface area contributed by atoms with Gasteiger partial charge in [-0.05, 0) is 25.0 Å². The number of hydrogen-bond donors (Lipinski definition) is 3. The molecule has 0 bridgehead atoms. The van der Waals surface area contributed by atoms with E-state index in [4.69, 9.17) is 27.8 Å². The zero-order valence-electron chi connectivity index (χ0n) is 15.4. The van der Waals surface area contributed by atoms with Crippen LogP contribution in [0.15, 0.2) is 24.4 Å². The van der Waals surface area contributed by atoms with Gasteiger partial charge in [0.25, 0.3) is 5.91 Å². The number of hydrogen-bond acceptors (Lipinski definition) is 6. The zero-order chi connectivity index (χ0) is 21.2. The van der Waals surface area contributed by atoms with E-state index in [0.29, 0.717) is 25.9 Å². The molecule has 1 aliphatic heterocycles. The lowest BCUT2D eigenvalue weighted by Crippen LogP contribution is -2.44. The SMILES string of the molecule is CP(=O)(O)ON1CCC(NC(=O)c2[nH]ncc2C(=O)c2c(Cl)cccc2Cl)CC1. The highest BCUT2D eigenvalue weighted by Crippen LogP contribution is 2.38. The van der Waals surface area contributed by atoms with Gasteiger partial charge in [0.2, 0.25) is 0 Å². The minimum absolute atomic E-state index is 0.0121. The van der Waals surface area contributed by atoms with Crippen LogP contribution in [0.4, 0.5) is 0 Å². The van der Waals surface area contributed by atoms with Gasteiger partial charge in [0.05, 0.1) is 27.4 Å². The van der Waals surface area contributed by atoms with E-state index in [1.807, 2.05) is 0 Å². The Labute approximate surface area is 176 Å². The number of nitrogens with one attached hydrogen (secondary N) is 2. The number of halogens is 2. The topological polar surface area (TPSA) is 125 Å². The Morgan fingerprint density at radius 3 is 2.52 bits per heavy atom. The summed E-state index contributed by atoms with van der Waals surface area (Å²) in [6.45, 7) is 1.88. The Morgan fingerprint density at radius 2 is 1.93 bits per heavy atom. The van der Waals surface area contributed by atoms with Crippen LogP contribution >= 0.6 is 30.8 Å². The van der Waals surface area contributed by atoms with Crippen LogP contribution in [0.25, 0.3) is 0 Å². The van der Waals surface area contributed by atoms with Crippen LogP contribution in [0.2, 0.25) is 10.0 Å². The van der Waals surface area contributed by atoms with Crippen LogP contribution in [0.1, 0.15) is 39.3 Å². The second kappa shape index (κ2) is 8.95. The van der Waals surface area contributed by atoms with E-state index in [0.717, 1.165) is 6.66 Å². The van der Waals surface area contributed by atoms with Gasteiger partial charge in [-0.1, -0.05) is 29.3 Å². The summed E-state index contributed by atoms with van der Waals surface area (Å²) in [4.78, 5) is 34.8. The Hall–Kier alpha value is -1.74. The molecule has 1 aliphatic rings. The maximum atomic E-state index is 12.9. The first-order chi connectivity index (χ1) is 13.7. The monoisotopic (exact) mass is 460 g/mol. The van der Waals surface area contributed by atoms with E-state index in [-0.39, 0.29) is 32.9 Å². The van der Waals surface area contributed by atoms with Gasteiger partial charge in [-0.15, -0.1) is 0 Å². The molecular weight excluding hydrogens is 442 g/mol. The number of nitrogens with zero attached hydrogens (tertiary/aromatic N) is 2. The quantitative estimate of drug-likeness (QED) is 0.446. The summed E-state index contributed by atoms with van der Waals surface area (Å²) in [7, 11) is -3.61. The summed E-state index contributed by atoms with van der Waals surface area (Å²) < 4.78 is 16.3. The maximum absolute atomic E-state index is 12.9. The third kappa shape index (κ3) is 5.45. The summed E-state index contributed by atoms with van der Waals surface area (Å²) in [6.07, 6.45) is 2.28. The van der Waals surface area contributed by atoms with Gasteiger partial charge >= 0.3 is 7.60 Å². The number of carbonyl (C=O) groups excluding carboxylic acids is 2. The van der Waals surface area contributed by atoms with Crippen LogP contribution in [0.3, 0.4) is 0 Å². The van der Waals surface area contributed by atoms with Gasteiger partial charge in [-0.25, -0.2) is 4.62 Å². The number of hydroxylamine groups is 2. The van der Waals surface area contributed by atoms with E-state index < -0.39 is 19.3 Å². The minimum atomic E-state index is -3.61. The molecule has 1 atom stereocenters. The van der Waals surface area contributed by atoms with Crippen molar-refractivity contribution in [3.63, 3.8) is 0 Å². The van der Waals surface area contributed by atoms with Gasteiger partial charge in [0.15, 0.2) is 5.78 Å². The molecule has 1 fully saturated rings. The lowest BCUT2D eigenvalue weighted by atomic mass is 10.0. The first-order valence-electron chi connectivity index (χ1n) is 8.73. The fourth-order valence-electron chi connectivity index (χ4n) is 3.03. The second-order valence-electron chi connectivity index (χ2n) is 6.65. The van der Waals surface area contributed by atoms with Gasteiger partial charge < -0.3 is 10.2 Å². The van der Waals surface area contributed by atoms with E-state index >= 15 is 0 Å². The molecule has 0 saturated carbocycles. The summed E-state index contributed by atoms with van der Waals surface area (Å²) in [5, 5.41) is 11.0. The van der Waals surface area contributed by atoms with Crippen molar-refractivity contribution in [1.82, 2.24) is 20.6 Å². The van der Waals surface area contributed by atoms with Crippen LogP contribution in [-0.2, 0) is 9.19 Å². The second-order valence-corrected chi connectivity index (χ2v) is 9.23. The Morgan fingerprint density at radius 1 is 1.31 bits per heavy atom. The lowest BCUT2D eigenvalue weighted by molar-refractivity contribution is -0.0831. The molecular formula is C17H19Cl2N4O5P. The Kier molecular flexibility index (Phi) is 6.78. The van der Waals surface area contributed by atoms with Gasteiger partial charge in [-0.3, -0.25) is 19.3 Å². The molecule has 3 N–H and O–H groups in total. The van der Waals surface area contributed by atoms with Crippen molar-refractivity contribution in [2.75, 3.05) is 19.8 Å². The number of rotatable bonds is 6. The van der Waals surface area contributed by atoms with Crippen LogP contribution < -0.4 is 5.32 Å². The summed E-state index contributed by atoms with van der Waals surface area (Å²) in [6, 6.07) is 4.51. The van der Waals surface area contributed by atoms with E-state index in [1.165, 1.54) is 23.4 Å². The molecule has 1 aromatic carbocycles. The number of aromatic amines is 1. The minimum Gasteiger partial charge on any atom is -0.348 e. The number of ketones is 1. The molecule has 0 spiro atoms. The molecule has 2 aromatic rings. The maximum Gasteiger partial charge on any atom is 0.341 e. The molecule has 156 valence electrons. The van der Waals surface area contributed by atoms with Gasteiger partial charge in [-0.2, -0.15) is 10.2 Å². The molecule has 0 radical (unpaired) electrons. The highest BCUT2D eigenvalue weighted by atomic mass is 35.5. The number of benzene rings is 1. The summed E-state index contributed by atoms with van der Waals surface area (Å²) >= 11 is 12.2. The van der Waals surface area contributed by atoms with Crippen molar-refractivity contribution >= 4 is 42.5 Å². The summed E-state index contributed by atoms with van der Waals surface area (Å²) in [5.41, 5.74) is 0.174. The third-order valence-electron chi connectivity index (χ3n) is 4.36. The van der Waals surface area contributed by atoms with Crippen LogP contribution in [0, 0.1) is 0 Å². The zero-order valence-corrected chi connectivity index (χ0v) is 17.8. The fraction of sp³-hybridized carbons (Fsp3) is 0.353. The highest BCUT2D eigenvalue weighted by Gasteiger charge is 2.28. The molecule has 2 heterocycles. The number of aromatic nitrogens is 2. The summed E-state index contributed by atoms with van der Waals surface area (Å²) in [5.74, 6) is -0.999. The van der Waals surface area contributed by atoms with Crippen molar-refractivity contribution in [2.24, 2.45) is 0 Å². The van der Waals surface area contributed by atoms with Crippen molar-refractivity contribution in [2.45, 2.75) is 18.9 Å². The van der Waals surface area contributed by atoms with E-state index in [2.05, 4.69) is 15.5 Å². The number of amides is 1. The molecule has 29 heavy (non-hydrogen) atoms. The van der Waals surface area contributed by atoms with Gasteiger partial charge in [0.1, 0.15) is 5.69 Å². The smallest absolute Gasteiger partial charge is 0.341 e. The predicted octanol–water partition coefficient (Wildman–Crippen LogP) is 2.89. The predicted molar refractivity (Wildman–Crippen MR) is 107 cm³/mol. The molecule has 1 aromatic heterocycles. The highest BCUT2D eigenvalue weighted by molar-refractivity contribution is 7.51. The van der Waals surface area contributed by atoms with E-state index in [9.17, 15) is 19.0 Å². The average Bonchev–Trinajstić information content (AvgIpc) is 3.12. The lowest BCUT2D eigenvalue weighted by Gasteiger charge is -2.31. The number of piperidine rings is 1. The number of H-pyrrole nitrogens is 1. The largest absolute Gasteiger partial charge is 0.348 e. The normalized spacial score (nSPS) is 17.7. The molecule has 9 nitrogen and oxygen atoms in total. The molecule has 0 aliphatic carbocycles. The average molecular weight is 461 g/mol. The third-order valence-corrected chi connectivity index (χ3v) is 5.52. The van der Waals surface area contributed by atoms with Crippen LogP contribution in [0.5, 0.6) is 0 Å². The number of carbonyl (C=O) groups is 2. The molecule has 1 saturated heterocycles. The Bertz CT molecular complexity index is 948. The molecule has 3 rings (SSSR count). The first-order valence-corrected chi connectivity index (χ1v) is 11.5.